The van der Waals surface area contributed by atoms with Crippen molar-refractivity contribution in [1.29, 1.82) is 0 Å². The summed E-state index contributed by atoms with van der Waals surface area (Å²) in [5.41, 5.74) is 1.55. The molecule has 1 heterocycles. The number of benzene rings is 2. The maximum absolute atomic E-state index is 12.4. The lowest BCUT2D eigenvalue weighted by Crippen LogP contribution is -2.26. The number of fused-ring (bicyclic) bond motifs is 1. The summed E-state index contributed by atoms with van der Waals surface area (Å²) >= 11 is 6.53. The van der Waals surface area contributed by atoms with E-state index in [0.29, 0.717) is 43.2 Å². The third-order valence-electron chi connectivity index (χ3n) is 4.40. The van der Waals surface area contributed by atoms with Crippen LogP contribution in [0.2, 0.25) is 0 Å². The maximum atomic E-state index is 12.4. The third kappa shape index (κ3) is 4.26. The lowest BCUT2D eigenvalue weighted by atomic mass is 9.98. The average Bonchev–Trinajstić information content (AvgIpc) is 3.09. The molecule has 11 heteroatoms. The van der Waals surface area contributed by atoms with Crippen molar-refractivity contribution in [3.8, 4) is 5.75 Å². The van der Waals surface area contributed by atoms with Crippen LogP contribution >= 0.6 is 31.9 Å². The highest BCUT2D eigenvalue weighted by molar-refractivity contribution is 9.11. The summed E-state index contributed by atoms with van der Waals surface area (Å²) in [7, 11) is -3.81. The Morgan fingerprint density at radius 2 is 1.87 bits per heavy atom. The van der Waals surface area contributed by atoms with E-state index in [-0.39, 0.29) is 29.5 Å². The van der Waals surface area contributed by atoms with Crippen LogP contribution in [0.5, 0.6) is 5.75 Å². The van der Waals surface area contributed by atoms with Crippen molar-refractivity contribution in [2.75, 3.05) is 13.2 Å². The Kier molecular flexibility index (Phi) is 6.88. The van der Waals surface area contributed by atoms with Crippen LogP contribution in [0.3, 0.4) is 0 Å². The predicted octanol–water partition coefficient (Wildman–Crippen LogP) is 3.72. The second-order valence-electron chi connectivity index (χ2n) is 6.27. The van der Waals surface area contributed by atoms with Crippen molar-refractivity contribution in [2.24, 2.45) is 5.16 Å². The van der Waals surface area contributed by atoms with Gasteiger partial charge in [-0.2, -0.15) is 0 Å². The van der Waals surface area contributed by atoms with Crippen molar-refractivity contribution in [1.82, 2.24) is 4.72 Å². The van der Waals surface area contributed by atoms with Gasteiger partial charge < -0.3 is 19.8 Å². The standard InChI is InChI=1S/C19H18Br2N2O6S/c1-2-15-17(18(23-26)10-7-13(20)19(25)14(21)8-10)12-4-3-11(9-16(12)29-15)30(27,28)22-5-6-24/h3-4,7-9,22,24-26H,2,5-6H2,1H3. The van der Waals surface area contributed by atoms with Crippen LogP contribution in [-0.4, -0.2) is 42.7 Å². The number of nitrogens with zero attached hydrogens (tertiary/aromatic N) is 1. The van der Waals surface area contributed by atoms with Gasteiger partial charge in [0.05, 0.1) is 26.0 Å². The van der Waals surface area contributed by atoms with Gasteiger partial charge in [-0.1, -0.05) is 12.1 Å². The fraction of sp³-hybridized carbons (Fsp3) is 0.211. The van der Waals surface area contributed by atoms with Gasteiger partial charge in [-0.25, -0.2) is 13.1 Å². The zero-order valence-electron chi connectivity index (χ0n) is 15.7. The number of nitrogens with one attached hydrogen (secondary N) is 1. The average molecular weight is 562 g/mol. The largest absolute Gasteiger partial charge is 0.506 e. The molecule has 0 aliphatic carbocycles. The fourth-order valence-corrected chi connectivity index (χ4v) is 5.24. The molecule has 0 saturated heterocycles. The third-order valence-corrected chi connectivity index (χ3v) is 7.06. The molecule has 0 aliphatic heterocycles. The minimum absolute atomic E-state index is 0.00836. The molecule has 2 aromatic carbocycles. The van der Waals surface area contributed by atoms with Gasteiger partial charge in [-0.3, -0.25) is 0 Å². The van der Waals surface area contributed by atoms with Crippen LogP contribution in [0, 0.1) is 0 Å². The molecule has 0 aliphatic rings. The fourth-order valence-electron chi connectivity index (χ4n) is 3.02. The SMILES string of the molecule is CCc1oc2cc(S(=O)(=O)NCCO)ccc2c1C(=NO)c1cc(Br)c(O)c(Br)c1. The summed E-state index contributed by atoms with van der Waals surface area (Å²) in [6.45, 7) is 1.44. The Balaban J connectivity index is 2.18. The van der Waals surface area contributed by atoms with Gasteiger partial charge in [-0.05, 0) is 56.1 Å². The number of aliphatic hydroxyl groups excluding tert-OH is 1. The second-order valence-corrected chi connectivity index (χ2v) is 9.75. The molecule has 0 unspecified atom stereocenters. The quantitative estimate of drug-likeness (QED) is 0.197. The molecule has 8 nitrogen and oxygen atoms in total. The van der Waals surface area contributed by atoms with E-state index < -0.39 is 10.0 Å². The molecule has 0 bridgehead atoms. The van der Waals surface area contributed by atoms with Crippen molar-refractivity contribution in [3.05, 3.63) is 56.2 Å². The Morgan fingerprint density at radius 1 is 1.20 bits per heavy atom. The number of aliphatic hydroxyl groups is 1. The Labute approximate surface area is 189 Å². The summed E-state index contributed by atoms with van der Waals surface area (Å²) in [6.07, 6.45) is 0.467. The lowest BCUT2D eigenvalue weighted by molar-refractivity contribution is 0.301. The summed E-state index contributed by atoms with van der Waals surface area (Å²) in [5, 5.41) is 32.6. The molecule has 1 aromatic heterocycles. The van der Waals surface area contributed by atoms with E-state index >= 15 is 0 Å². The number of rotatable bonds is 7. The van der Waals surface area contributed by atoms with Crippen LogP contribution < -0.4 is 4.72 Å². The highest BCUT2D eigenvalue weighted by atomic mass is 79.9. The highest BCUT2D eigenvalue weighted by Gasteiger charge is 2.23. The molecule has 3 rings (SSSR count). The first-order valence-electron chi connectivity index (χ1n) is 8.80. The van der Waals surface area contributed by atoms with Gasteiger partial charge >= 0.3 is 0 Å². The summed E-state index contributed by atoms with van der Waals surface area (Å²) in [4.78, 5) is -0.0102. The van der Waals surface area contributed by atoms with E-state index in [1.54, 1.807) is 18.2 Å². The molecule has 0 atom stereocenters. The molecule has 160 valence electrons. The van der Waals surface area contributed by atoms with E-state index in [1.165, 1.54) is 12.1 Å². The van der Waals surface area contributed by atoms with Crippen LogP contribution in [0.4, 0.5) is 0 Å². The first-order valence-corrected chi connectivity index (χ1v) is 11.9. The number of phenolic OH excluding ortho intramolecular Hbond substituents is 1. The number of aryl methyl sites for hydroxylation is 1. The number of hydrogen-bond donors (Lipinski definition) is 4. The first-order chi connectivity index (χ1) is 14.2. The van der Waals surface area contributed by atoms with Gasteiger partial charge in [0.15, 0.2) is 0 Å². The normalized spacial score (nSPS) is 12.6. The first kappa shape index (κ1) is 22.8. The number of halogens is 2. The van der Waals surface area contributed by atoms with Crippen molar-refractivity contribution >= 4 is 58.6 Å². The number of oxime groups is 1. The molecule has 0 amide bonds. The Bertz CT molecular complexity index is 1210. The molecule has 0 fully saturated rings. The van der Waals surface area contributed by atoms with E-state index in [2.05, 4.69) is 41.7 Å². The molecule has 30 heavy (non-hydrogen) atoms. The van der Waals surface area contributed by atoms with Gasteiger partial charge in [-0.15, -0.1) is 0 Å². The molecule has 0 saturated carbocycles. The van der Waals surface area contributed by atoms with Gasteiger partial charge in [0.25, 0.3) is 0 Å². The van der Waals surface area contributed by atoms with Crippen molar-refractivity contribution < 1.29 is 28.3 Å². The molecule has 4 N–H and O–H groups in total. The summed E-state index contributed by atoms with van der Waals surface area (Å²) in [6, 6.07) is 7.58. The highest BCUT2D eigenvalue weighted by Crippen LogP contribution is 2.36. The van der Waals surface area contributed by atoms with Crippen LogP contribution in [0.1, 0.15) is 23.8 Å². The zero-order valence-corrected chi connectivity index (χ0v) is 19.7. The number of phenols is 1. The smallest absolute Gasteiger partial charge is 0.240 e. The molecular formula is C19H18Br2N2O6S. The van der Waals surface area contributed by atoms with E-state index in [4.69, 9.17) is 9.52 Å². The van der Waals surface area contributed by atoms with Gasteiger partial charge in [0.2, 0.25) is 10.0 Å². The summed E-state index contributed by atoms with van der Waals surface area (Å²) < 4.78 is 33.7. The molecule has 0 radical (unpaired) electrons. The van der Waals surface area contributed by atoms with E-state index in [1.807, 2.05) is 6.92 Å². The predicted molar refractivity (Wildman–Crippen MR) is 119 cm³/mol. The summed E-state index contributed by atoms with van der Waals surface area (Å²) in [5.74, 6) is 0.519. The topological polar surface area (TPSA) is 132 Å². The molecule has 0 spiro atoms. The van der Waals surface area contributed by atoms with Gasteiger partial charge in [0.1, 0.15) is 22.8 Å². The van der Waals surface area contributed by atoms with Crippen molar-refractivity contribution in [3.63, 3.8) is 0 Å². The Hall–Kier alpha value is -1.92. The minimum Gasteiger partial charge on any atom is -0.506 e. The van der Waals surface area contributed by atoms with E-state index in [9.17, 15) is 18.7 Å². The number of furan rings is 1. The van der Waals surface area contributed by atoms with Crippen molar-refractivity contribution in [2.45, 2.75) is 18.2 Å². The number of hydrogen-bond acceptors (Lipinski definition) is 7. The number of sulfonamides is 1. The Morgan fingerprint density at radius 3 is 2.43 bits per heavy atom. The number of aromatic hydroxyl groups is 1. The monoisotopic (exact) mass is 560 g/mol. The molecular weight excluding hydrogens is 544 g/mol. The maximum Gasteiger partial charge on any atom is 0.240 e. The van der Waals surface area contributed by atoms with Gasteiger partial charge in [0, 0.05) is 30.0 Å². The van der Waals surface area contributed by atoms with Crippen LogP contribution in [0.25, 0.3) is 11.0 Å². The van der Waals surface area contributed by atoms with Crippen LogP contribution in [-0.2, 0) is 16.4 Å². The lowest BCUT2D eigenvalue weighted by Gasteiger charge is -2.09. The zero-order chi connectivity index (χ0) is 22.1. The minimum atomic E-state index is -3.81. The van der Waals surface area contributed by atoms with Crippen LogP contribution in [0.15, 0.2) is 53.7 Å². The molecule has 3 aromatic rings. The second kappa shape index (κ2) is 9.06. The van der Waals surface area contributed by atoms with E-state index in [0.717, 1.165) is 0 Å².